The fourth-order valence-corrected chi connectivity index (χ4v) is 8.63. The van der Waals surface area contributed by atoms with Crippen LogP contribution in [0.3, 0.4) is 0 Å². The lowest BCUT2D eigenvalue weighted by Crippen LogP contribution is -2.64. The molecular weight excluding hydrogens is 524 g/mol. The molecule has 0 saturated carbocycles. The maximum Gasteiger partial charge on any atom is 0.183 e. The number of aliphatic hydroxyl groups is 1. The SMILES string of the molecule is CCC(Cc1ccccc1)(C(=O)c1ccc(-c2cc(O)c3c4c2C[C@@H]2[C@@H]5C=C[C@H](O)[C@H](O3)[C@]45CCN2C)cc1)N(C)C. The van der Waals surface area contributed by atoms with E-state index in [4.69, 9.17) is 4.74 Å². The Kier molecular flexibility index (Phi) is 6.39. The summed E-state index contributed by atoms with van der Waals surface area (Å²) in [4.78, 5) is 18.7. The van der Waals surface area contributed by atoms with Crippen molar-refractivity contribution in [1.29, 1.82) is 0 Å². The van der Waals surface area contributed by atoms with Crippen LogP contribution in [0.5, 0.6) is 11.5 Å². The minimum absolute atomic E-state index is 0.112. The summed E-state index contributed by atoms with van der Waals surface area (Å²) in [5.41, 5.74) is 5.06. The number of Topliss-reactive ketones (excluding diaryl/α,β-unsaturated/α-hetero) is 1. The molecule has 7 rings (SSSR count). The van der Waals surface area contributed by atoms with E-state index < -0.39 is 17.7 Å². The van der Waals surface area contributed by atoms with E-state index in [1.54, 1.807) is 0 Å². The number of hydrogen-bond donors (Lipinski definition) is 2. The van der Waals surface area contributed by atoms with Crippen molar-refractivity contribution in [2.45, 2.75) is 61.8 Å². The second kappa shape index (κ2) is 9.80. The number of piperidine rings is 1. The Hall–Kier alpha value is -3.45. The molecule has 0 aromatic heterocycles. The lowest BCUT2D eigenvalue weighted by molar-refractivity contribution is -0.0452. The molecule has 1 spiro atoms. The topological polar surface area (TPSA) is 73.2 Å². The zero-order valence-corrected chi connectivity index (χ0v) is 24.9. The van der Waals surface area contributed by atoms with Gasteiger partial charge in [-0.25, -0.2) is 0 Å². The predicted molar refractivity (Wildman–Crippen MR) is 164 cm³/mol. The molecule has 1 saturated heterocycles. The standard InChI is InChI=1S/C36H40N2O4/c1-5-35(37(2)3,21-22-9-7-6-8-10-22)33(41)24-13-11-23(12-14-24)25-20-30(40)32-31-26(25)19-28-27-15-16-29(39)34(42-32)36(27,31)17-18-38(28)4/h6-16,20,27-29,34,39-40H,5,17-19,21H2,1-4H3/t27-,28+,29-,34-,35?,36-/m0/s1. The van der Waals surface area contributed by atoms with Gasteiger partial charge >= 0.3 is 0 Å². The van der Waals surface area contributed by atoms with E-state index in [1.807, 2.05) is 68.7 Å². The van der Waals surface area contributed by atoms with Gasteiger partial charge in [0.05, 0.1) is 5.54 Å². The highest BCUT2D eigenvalue weighted by atomic mass is 16.5. The van der Waals surface area contributed by atoms with Crippen LogP contribution in [-0.4, -0.2) is 77.3 Å². The Bertz CT molecular complexity index is 1570. The highest BCUT2D eigenvalue weighted by Gasteiger charge is 2.64. The van der Waals surface area contributed by atoms with Gasteiger partial charge in [-0.2, -0.15) is 0 Å². The third-order valence-electron chi connectivity index (χ3n) is 10.9. The van der Waals surface area contributed by atoms with E-state index in [1.165, 1.54) is 5.56 Å². The quantitative estimate of drug-likeness (QED) is 0.311. The second-order valence-electron chi connectivity index (χ2n) is 13.0. The third-order valence-corrected chi connectivity index (χ3v) is 10.9. The number of carbonyl (C=O) groups is 1. The molecule has 3 aromatic rings. The van der Waals surface area contributed by atoms with E-state index in [0.29, 0.717) is 30.2 Å². The minimum Gasteiger partial charge on any atom is -0.504 e. The summed E-state index contributed by atoms with van der Waals surface area (Å²) in [7, 11) is 6.17. The zero-order valence-electron chi connectivity index (χ0n) is 24.9. The van der Waals surface area contributed by atoms with Crippen molar-refractivity contribution in [3.8, 4) is 22.6 Å². The van der Waals surface area contributed by atoms with Gasteiger partial charge in [-0.15, -0.1) is 0 Å². The van der Waals surface area contributed by atoms with E-state index in [-0.39, 0.29) is 22.9 Å². The Morgan fingerprint density at radius 3 is 2.55 bits per heavy atom. The zero-order chi connectivity index (χ0) is 29.4. The van der Waals surface area contributed by atoms with Gasteiger partial charge in [0.25, 0.3) is 0 Å². The molecule has 218 valence electrons. The van der Waals surface area contributed by atoms with Crippen LogP contribution in [-0.2, 0) is 18.3 Å². The number of benzene rings is 3. The van der Waals surface area contributed by atoms with E-state index in [9.17, 15) is 15.0 Å². The number of likely N-dealkylation sites (N-methyl/N-ethyl adjacent to an activating group) is 2. The normalized spacial score (nSPS) is 28.7. The largest absolute Gasteiger partial charge is 0.504 e. The molecule has 2 aliphatic carbocycles. The first-order chi connectivity index (χ1) is 20.2. The molecule has 0 radical (unpaired) electrons. The van der Waals surface area contributed by atoms with Gasteiger partial charge in [-0.3, -0.25) is 9.69 Å². The van der Waals surface area contributed by atoms with Crippen molar-refractivity contribution in [2.24, 2.45) is 5.92 Å². The Morgan fingerprint density at radius 1 is 1.12 bits per heavy atom. The van der Waals surface area contributed by atoms with Crippen molar-refractivity contribution >= 4 is 5.78 Å². The fraction of sp³-hybridized carbons (Fsp3) is 0.417. The molecule has 0 amide bonds. The molecule has 4 aliphatic rings. The number of hydrogen-bond acceptors (Lipinski definition) is 6. The number of likely N-dealkylation sites (tertiary alicyclic amines) is 1. The first kappa shape index (κ1) is 27.4. The highest BCUT2D eigenvalue weighted by molar-refractivity contribution is 6.03. The van der Waals surface area contributed by atoms with Crippen molar-refractivity contribution < 1.29 is 19.7 Å². The number of rotatable bonds is 7. The first-order valence-electron chi connectivity index (χ1n) is 15.2. The summed E-state index contributed by atoms with van der Waals surface area (Å²) in [6.07, 6.45) is 6.02. The van der Waals surface area contributed by atoms with Gasteiger partial charge < -0.3 is 19.8 Å². The fourth-order valence-electron chi connectivity index (χ4n) is 8.63. The van der Waals surface area contributed by atoms with Crippen LogP contribution in [0, 0.1) is 5.92 Å². The number of nitrogens with zero attached hydrogens (tertiary/aromatic N) is 2. The highest BCUT2D eigenvalue weighted by Crippen LogP contribution is 2.63. The van der Waals surface area contributed by atoms with Gasteiger partial charge in [0.1, 0.15) is 12.2 Å². The Morgan fingerprint density at radius 2 is 1.86 bits per heavy atom. The molecule has 1 fully saturated rings. The van der Waals surface area contributed by atoms with Gasteiger partial charge in [0.15, 0.2) is 17.3 Å². The van der Waals surface area contributed by atoms with Crippen molar-refractivity contribution in [3.05, 3.63) is 95.1 Å². The molecule has 1 unspecified atom stereocenters. The van der Waals surface area contributed by atoms with Crippen molar-refractivity contribution in [1.82, 2.24) is 9.80 Å². The van der Waals surface area contributed by atoms with Crippen molar-refractivity contribution in [2.75, 3.05) is 27.7 Å². The summed E-state index contributed by atoms with van der Waals surface area (Å²) in [5.74, 6) is 1.00. The van der Waals surface area contributed by atoms with Gasteiger partial charge in [0.2, 0.25) is 0 Å². The Balaban J connectivity index is 1.29. The molecule has 2 aliphatic heterocycles. The Labute approximate surface area is 248 Å². The number of phenolic OH excluding ortho intramolecular Hbond substituents is 1. The smallest absolute Gasteiger partial charge is 0.183 e. The molecule has 6 nitrogen and oxygen atoms in total. The third kappa shape index (κ3) is 3.71. The monoisotopic (exact) mass is 564 g/mol. The van der Waals surface area contributed by atoms with Crippen LogP contribution in [0.15, 0.2) is 72.8 Å². The summed E-state index contributed by atoms with van der Waals surface area (Å²) in [6.45, 7) is 3.01. The molecule has 2 heterocycles. The molecule has 3 aromatic carbocycles. The summed E-state index contributed by atoms with van der Waals surface area (Å²) in [6, 6.07) is 20.3. The first-order valence-corrected chi connectivity index (χ1v) is 15.2. The summed E-state index contributed by atoms with van der Waals surface area (Å²) < 4.78 is 6.40. The number of ether oxygens (including phenoxy) is 1. The van der Waals surface area contributed by atoms with Crippen LogP contribution in [0.2, 0.25) is 0 Å². The molecular formula is C36H40N2O4. The molecule has 6 heteroatoms. The number of phenols is 1. The summed E-state index contributed by atoms with van der Waals surface area (Å²) in [5, 5.41) is 22.3. The van der Waals surface area contributed by atoms with Crippen LogP contribution < -0.4 is 4.74 Å². The average molecular weight is 565 g/mol. The second-order valence-corrected chi connectivity index (χ2v) is 13.0. The molecule has 6 atom stereocenters. The van der Waals surface area contributed by atoms with E-state index in [2.05, 4.69) is 42.0 Å². The maximum absolute atomic E-state index is 14.2. The lowest BCUT2D eigenvalue weighted by atomic mass is 9.53. The lowest BCUT2D eigenvalue weighted by Gasteiger charge is -2.56. The van der Waals surface area contributed by atoms with E-state index in [0.717, 1.165) is 41.6 Å². The van der Waals surface area contributed by atoms with Gasteiger partial charge in [-0.05, 0) is 81.7 Å². The predicted octanol–water partition coefficient (Wildman–Crippen LogP) is 5.00. The van der Waals surface area contributed by atoms with Crippen LogP contribution >= 0.6 is 0 Å². The van der Waals surface area contributed by atoms with Crippen LogP contribution in [0.4, 0.5) is 0 Å². The van der Waals surface area contributed by atoms with Crippen LogP contribution in [0.1, 0.15) is 46.8 Å². The van der Waals surface area contributed by atoms with Crippen LogP contribution in [0.25, 0.3) is 11.1 Å². The number of aliphatic hydroxyl groups excluding tert-OH is 1. The van der Waals surface area contributed by atoms with Gasteiger partial charge in [-0.1, -0.05) is 73.7 Å². The van der Waals surface area contributed by atoms with Gasteiger partial charge in [0, 0.05) is 28.5 Å². The molecule has 2 bridgehead atoms. The number of aromatic hydroxyl groups is 1. The maximum atomic E-state index is 14.2. The van der Waals surface area contributed by atoms with E-state index >= 15 is 0 Å². The van der Waals surface area contributed by atoms with Crippen molar-refractivity contribution in [3.63, 3.8) is 0 Å². The molecule has 42 heavy (non-hydrogen) atoms. The number of ketones is 1. The average Bonchev–Trinajstić information content (AvgIpc) is 3.36. The molecule has 2 N–H and O–H groups in total. The number of carbonyl (C=O) groups excluding carboxylic acids is 1. The summed E-state index contributed by atoms with van der Waals surface area (Å²) >= 11 is 0. The minimum atomic E-state index is -0.705.